The minimum absolute atomic E-state index is 0.223. The number of methoxy groups -OCH3 is 1. The van der Waals surface area contributed by atoms with E-state index in [1.54, 1.807) is 54.8 Å². The van der Waals surface area contributed by atoms with E-state index in [-0.39, 0.29) is 12.2 Å². The number of aromatic nitrogens is 1. The van der Waals surface area contributed by atoms with Crippen molar-refractivity contribution in [2.75, 3.05) is 13.7 Å². The Morgan fingerprint density at radius 1 is 1.16 bits per heavy atom. The molecule has 1 aliphatic rings. The van der Waals surface area contributed by atoms with Crippen LogP contribution in [-0.4, -0.2) is 30.2 Å². The molecule has 5 rings (SSSR count). The maximum absolute atomic E-state index is 13.6. The summed E-state index contributed by atoms with van der Waals surface area (Å²) in [4.78, 5) is 44.3. The second-order valence-corrected chi connectivity index (χ2v) is 10.1. The molecule has 1 atom stereocenters. The largest absolute Gasteiger partial charge is 0.465 e. The molecule has 0 saturated heterocycles. The predicted molar refractivity (Wildman–Crippen MR) is 140 cm³/mol. The van der Waals surface area contributed by atoms with E-state index in [9.17, 15) is 14.4 Å². The highest BCUT2D eigenvalue weighted by atomic mass is 32.1. The zero-order chi connectivity index (χ0) is 26.1. The lowest BCUT2D eigenvalue weighted by Crippen LogP contribution is -2.39. The third-order valence-electron chi connectivity index (χ3n) is 5.80. The Labute approximate surface area is 219 Å². The minimum atomic E-state index is -0.620. The van der Waals surface area contributed by atoms with Crippen LogP contribution in [0.4, 0.5) is 0 Å². The summed E-state index contributed by atoms with van der Waals surface area (Å²) in [7, 11) is 1.33. The van der Waals surface area contributed by atoms with Crippen LogP contribution in [0.5, 0.6) is 0 Å². The molecule has 37 heavy (non-hydrogen) atoms. The molecule has 0 bridgehead atoms. The molecule has 3 aromatic heterocycles. The Morgan fingerprint density at radius 2 is 2.00 bits per heavy atom. The molecule has 0 spiro atoms. The highest BCUT2D eigenvalue weighted by Crippen LogP contribution is 2.33. The highest BCUT2D eigenvalue weighted by Gasteiger charge is 2.33. The molecule has 0 aliphatic carbocycles. The van der Waals surface area contributed by atoms with Gasteiger partial charge in [-0.05, 0) is 49.6 Å². The summed E-state index contributed by atoms with van der Waals surface area (Å²) >= 11 is 2.69. The fourth-order valence-electron chi connectivity index (χ4n) is 4.14. The summed E-state index contributed by atoms with van der Waals surface area (Å²) in [6.45, 7) is 3.72. The van der Waals surface area contributed by atoms with Crippen molar-refractivity contribution in [1.82, 2.24) is 4.57 Å². The van der Waals surface area contributed by atoms with Gasteiger partial charge in [0.2, 0.25) is 0 Å². The van der Waals surface area contributed by atoms with Crippen LogP contribution in [0, 0.1) is 0 Å². The number of hydrogen-bond acceptors (Lipinski definition) is 9. The van der Waals surface area contributed by atoms with Crippen LogP contribution in [0.1, 0.15) is 40.9 Å². The van der Waals surface area contributed by atoms with Crippen molar-refractivity contribution in [3.63, 3.8) is 0 Å². The highest BCUT2D eigenvalue weighted by molar-refractivity contribution is 7.10. The number of esters is 2. The van der Waals surface area contributed by atoms with E-state index in [1.165, 1.54) is 29.8 Å². The first kappa shape index (κ1) is 24.7. The van der Waals surface area contributed by atoms with Gasteiger partial charge in [-0.2, -0.15) is 0 Å². The van der Waals surface area contributed by atoms with Gasteiger partial charge in [-0.15, -0.1) is 11.3 Å². The number of nitrogens with zero attached hydrogens (tertiary/aromatic N) is 2. The average Bonchev–Trinajstić information content (AvgIpc) is 3.65. The number of benzene rings is 1. The van der Waals surface area contributed by atoms with Gasteiger partial charge in [-0.25, -0.2) is 14.6 Å². The summed E-state index contributed by atoms with van der Waals surface area (Å²) in [5.41, 5.74) is 1.72. The van der Waals surface area contributed by atoms with Gasteiger partial charge in [0.1, 0.15) is 17.6 Å². The smallest absolute Gasteiger partial charge is 0.338 e. The summed E-state index contributed by atoms with van der Waals surface area (Å²) in [5, 5.41) is 1.91. The first-order chi connectivity index (χ1) is 17.9. The van der Waals surface area contributed by atoms with Crippen LogP contribution in [0.3, 0.4) is 0 Å². The fourth-order valence-corrected chi connectivity index (χ4v) is 5.99. The number of carbonyl (C=O) groups excluding carboxylic acids is 2. The predicted octanol–water partition coefficient (Wildman–Crippen LogP) is 3.91. The Bertz CT molecular complexity index is 1710. The number of allylic oxidation sites excluding steroid dienone is 1. The van der Waals surface area contributed by atoms with Crippen molar-refractivity contribution >= 4 is 40.7 Å². The van der Waals surface area contributed by atoms with Crippen LogP contribution in [-0.2, 0) is 14.3 Å². The first-order valence-electron chi connectivity index (χ1n) is 11.4. The van der Waals surface area contributed by atoms with Gasteiger partial charge in [-0.1, -0.05) is 29.5 Å². The molecule has 1 aromatic carbocycles. The van der Waals surface area contributed by atoms with Crippen LogP contribution in [0.15, 0.2) is 79.4 Å². The van der Waals surface area contributed by atoms with E-state index in [1.807, 2.05) is 23.6 Å². The lowest BCUT2D eigenvalue weighted by atomic mass is 10.0. The van der Waals surface area contributed by atoms with E-state index in [0.717, 1.165) is 4.88 Å². The fraction of sp³-hybridized carbons (Fsp3) is 0.185. The molecule has 0 amide bonds. The van der Waals surface area contributed by atoms with Crippen molar-refractivity contribution < 1.29 is 23.5 Å². The molecule has 4 heterocycles. The molecule has 1 aliphatic heterocycles. The third-order valence-corrected chi connectivity index (χ3v) is 7.71. The summed E-state index contributed by atoms with van der Waals surface area (Å²) in [6, 6.07) is 13.6. The topological polar surface area (TPSA) is 100 Å². The van der Waals surface area contributed by atoms with Gasteiger partial charge >= 0.3 is 11.9 Å². The van der Waals surface area contributed by atoms with Crippen LogP contribution >= 0.6 is 22.7 Å². The number of thiazole rings is 1. The quantitative estimate of drug-likeness (QED) is 0.348. The zero-order valence-electron chi connectivity index (χ0n) is 20.2. The molecule has 0 radical (unpaired) electrons. The number of furan rings is 1. The van der Waals surface area contributed by atoms with Crippen LogP contribution < -0.4 is 14.9 Å². The zero-order valence-corrected chi connectivity index (χ0v) is 21.9. The van der Waals surface area contributed by atoms with Gasteiger partial charge in [0.15, 0.2) is 4.80 Å². The van der Waals surface area contributed by atoms with E-state index in [0.29, 0.717) is 43.3 Å². The lowest BCUT2D eigenvalue weighted by molar-refractivity contribution is -0.139. The molecule has 0 fully saturated rings. The van der Waals surface area contributed by atoms with Gasteiger partial charge in [-0.3, -0.25) is 9.36 Å². The second kappa shape index (κ2) is 10.2. The van der Waals surface area contributed by atoms with Crippen molar-refractivity contribution in [3.8, 4) is 11.3 Å². The Hall–Kier alpha value is -4.02. The third kappa shape index (κ3) is 4.61. The monoisotopic (exact) mass is 534 g/mol. The van der Waals surface area contributed by atoms with Crippen LogP contribution in [0.2, 0.25) is 0 Å². The molecule has 0 N–H and O–H groups in total. The normalized spacial score (nSPS) is 15.3. The Balaban J connectivity index is 1.58. The average molecular weight is 535 g/mol. The number of thiophene rings is 1. The van der Waals surface area contributed by atoms with E-state index in [4.69, 9.17) is 13.9 Å². The van der Waals surface area contributed by atoms with Gasteiger partial charge in [0, 0.05) is 16.5 Å². The Kier molecular flexibility index (Phi) is 6.77. The molecule has 188 valence electrons. The number of carbonyl (C=O) groups is 2. The molecular weight excluding hydrogens is 512 g/mol. The molecule has 8 nitrogen and oxygen atoms in total. The molecule has 4 aromatic rings. The maximum atomic E-state index is 13.6. The van der Waals surface area contributed by atoms with E-state index >= 15 is 0 Å². The van der Waals surface area contributed by atoms with Crippen molar-refractivity contribution in [1.29, 1.82) is 0 Å². The SMILES string of the molecule is CCOC(=O)C1=C(C)N=c2s/c(=C\c3ccc(-c4cccc(C(=O)OC)c4)o3)c(=O)n2C1c1cccs1. The molecular formula is C27H22N2O6S2. The first-order valence-corrected chi connectivity index (χ1v) is 13.1. The number of ether oxygens (including phenoxy) is 2. The number of hydrogen-bond donors (Lipinski definition) is 0. The van der Waals surface area contributed by atoms with Crippen molar-refractivity contribution in [2.24, 2.45) is 4.99 Å². The standard InChI is InChI=1S/C27H22N2O6S2/c1-4-34-26(32)22-15(2)28-27-29(23(22)20-9-6-12-36-20)24(30)21(37-27)14-18-10-11-19(35-18)16-7-5-8-17(13-16)25(31)33-3/h5-14,23H,4H2,1-3H3/b21-14-. The van der Waals surface area contributed by atoms with Gasteiger partial charge < -0.3 is 13.9 Å². The Morgan fingerprint density at radius 3 is 2.73 bits per heavy atom. The molecule has 0 saturated carbocycles. The number of rotatable bonds is 6. The van der Waals surface area contributed by atoms with E-state index in [2.05, 4.69) is 4.99 Å². The summed E-state index contributed by atoms with van der Waals surface area (Å²) < 4.78 is 18.0. The minimum Gasteiger partial charge on any atom is -0.465 e. The van der Waals surface area contributed by atoms with Gasteiger partial charge in [0.25, 0.3) is 5.56 Å². The molecule has 10 heteroatoms. The van der Waals surface area contributed by atoms with E-state index < -0.39 is 18.0 Å². The van der Waals surface area contributed by atoms with Crippen molar-refractivity contribution in [3.05, 3.63) is 101 Å². The number of fused-ring (bicyclic) bond motifs is 1. The second-order valence-electron chi connectivity index (χ2n) is 8.09. The van der Waals surface area contributed by atoms with Gasteiger partial charge in [0.05, 0.1) is 35.1 Å². The van der Waals surface area contributed by atoms with Crippen LogP contribution in [0.25, 0.3) is 17.4 Å². The summed E-state index contributed by atoms with van der Waals surface area (Å²) in [5.74, 6) is 0.0910. The maximum Gasteiger partial charge on any atom is 0.338 e. The molecule has 1 unspecified atom stereocenters. The summed E-state index contributed by atoms with van der Waals surface area (Å²) in [6.07, 6.45) is 1.66. The lowest BCUT2D eigenvalue weighted by Gasteiger charge is -2.23. The van der Waals surface area contributed by atoms with Crippen molar-refractivity contribution in [2.45, 2.75) is 19.9 Å².